The summed E-state index contributed by atoms with van der Waals surface area (Å²) < 4.78 is 5.93. The molecular weight excluding hydrogens is 286 g/mol. The molecular formula is C19H11N3O. The zero-order valence-corrected chi connectivity index (χ0v) is 12.1. The summed E-state index contributed by atoms with van der Waals surface area (Å²) in [5.41, 5.74) is 6.36. The molecule has 0 fully saturated rings. The second-order valence-corrected chi connectivity index (χ2v) is 5.36. The molecule has 5 rings (SSSR count). The van der Waals surface area contributed by atoms with Crippen LogP contribution in [0.3, 0.4) is 0 Å². The van der Waals surface area contributed by atoms with Crippen molar-refractivity contribution in [3.8, 4) is 11.1 Å². The fourth-order valence-corrected chi connectivity index (χ4v) is 3.06. The Balaban J connectivity index is 1.96. The van der Waals surface area contributed by atoms with E-state index in [1.54, 1.807) is 12.4 Å². The molecule has 0 aliphatic carbocycles. The first kappa shape index (κ1) is 12.3. The van der Waals surface area contributed by atoms with Gasteiger partial charge in [-0.15, -0.1) is 0 Å². The molecule has 1 aromatic carbocycles. The summed E-state index contributed by atoms with van der Waals surface area (Å²) in [6, 6.07) is 15.7. The predicted molar refractivity (Wildman–Crippen MR) is 90.0 cm³/mol. The summed E-state index contributed by atoms with van der Waals surface area (Å²) in [7, 11) is 0. The van der Waals surface area contributed by atoms with Gasteiger partial charge in [-0.05, 0) is 42.0 Å². The quantitative estimate of drug-likeness (QED) is 0.454. The van der Waals surface area contributed by atoms with Gasteiger partial charge < -0.3 is 4.42 Å². The third-order valence-corrected chi connectivity index (χ3v) is 4.04. The summed E-state index contributed by atoms with van der Waals surface area (Å²) in [6.07, 6.45) is 5.39. The maximum Gasteiger partial charge on any atom is 0.153 e. The number of pyridine rings is 3. The second kappa shape index (κ2) is 4.61. The summed E-state index contributed by atoms with van der Waals surface area (Å²) in [6.45, 7) is 0. The van der Waals surface area contributed by atoms with Crippen molar-refractivity contribution in [3.63, 3.8) is 0 Å². The molecule has 0 aliphatic rings. The lowest BCUT2D eigenvalue weighted by molar-refractivity contribution is 0.668. The van der Waals surface area contributed by atoms with Gasteiger partial charge in [0.05, 0.1) is 16.4 Å². The Morgan fingerprint density at radius 1 is 0.609 bits per heavy atom. The van der Waals surface area contributed by atoms with Crippen LogP contribution >= 0.6 is 0 Å². The molecule has 108 valence electrons. The van der Waals surface area contributed by atoms with Crippen LogP contribution in [-0.4, -0.2) is 15.0 Å². The van der Waals surface area contributed by atoms with Gasteiger partial charge in [0.1, 0.15) is 11.1 Å². The first-order chi connectivity index (χ1) is 11.4. The van der Waals surface area contributed by atoms with E-state index in [-0.39, 0.29) is 0 Å². The van der Waals surface area contributed by atoms with Crippen molar-refractivity contribution in [2.45, 2.75) is 0 Å². The summed E-state index contributed by atoms with van der Waals surface area (Å²) in [5, 5.41) is 1.02. The van der Waals surface area contributed by atoms with Gasteiger partial charge in [-0.3, -0.25) is 15.0 Å². The van der Waals surface area contributed by atoms with Crippen molar-refractivity contribution in [3.05, 3.63) is 67.1 Å². The first-order valence-corrected chi connectivity index (χ1v) is 7.38. The molecule has 0 N–H and O–H groups in total. The van der Waals surface area contributed by atoms with Crippen LogP contribution in [-0.2, 0) is 0 Å². The smallest absolute Gasteiger partial charge is 0.153 e. The molecule has 0 saturated heterocycles. The SMILES string of the molecule is c1cnc2c(-c3cccc4oc5cccnc5c34)ccnc2c1. The van der Waals surface area contributed by atoms with Crippen LogP contribution in [0.4, 0.5) is 0 Å². The molecule has 4 nitrogen and oxygen atoms in total. The molecule has 0 aliphatic heterocycles. The van der Waals surface area contributed by atoms with Crippen molar-refractivity contribution in [2.75, 3.05) is 0 Å². The van der Waals surface area contributed by atoms with Gasteiger partial charge in [0.25, 0.3) is 0 Å². The summed E-state index contributed by atoms with van der Waals surface area (Å²) in [5.74, 6) is 0. The lowest BCUT2D eigenvalue weighted by Gasteiger charge is -2.06. The minimum atomic E-state index is 0.793. The third kappa shape index (κ3) is 1.75. The van der Waals surface area contributed by atoms with Crippen molar-refractivity contribution < 1.29 is 4.42 Å². The Kier molecular flexibility index (Phi) is 2.46. The van der Waals surface area contributed by atoms with Gasteiger partial charge in [0.2, 0.25) is 0 Å². The molecule has 5 aromatic rings. The lowest BCUT2D eigenvalue weighted by atomic mass is 10.0. The maximum atomic E-state index is 5.93. The first-order valence-electron chi connectivity index (χ1n) is 7.38. The van der Waals surface area contributed by atoms with Gasteiger partial charge in [0.15, 0.2) is 5.58 Å². The van der Waals surface area contributed by atoms with E-state index < -0.39 is 0 Å². The highest BCUT2D eigenvalue weighted by atomic mass is 16.3. The molecule has 4 aromatic heterocycles. The molecule has 4 heteroatoms. The van der Waals surface area contributed by atoms with E-state index in [9.17, 15) is 0 Å². The van der Waals surface area contributed by atoms with E-state index in [4.69, 9.17) is 4.42 Å². The minimum absolute atomic E-state index is 0.793. The van der Waals surface area contributed by atoms with Crippen LogP contribution in [0.1, 0.15) is 0 Å². The predicted octanol–water partition coefficient (Wildman–Crippen LogP) is 4.59. The molecule has 0 bridgehead atoms. The van der Waals surface area contributed by atoms with Crippen LogP contribution in [0, 0.1) is 0 Å². The summed E-state index contributed by atoms with van der Waals surface area (Å²) >= 11 is 0. The van der Waals surface area contributed by atoms with Gasteiger partial charge in [-0.25, -0.2) is 0 Å². The molecule has 0 saturated carbocycles. The number of furan rings is 1. The number of rotatable bonds is 1. The lowest BCUT2D eigenvalue weighted by Crippen LogP contribution is -1.88. The Bertz CT molecular complexity index is 1170. The number of nitrogens with zero attached hydrogens (tertiary/aromatic N) is 3. The van der Waals surface area contributed by atoms with Crippen molar-refractivity contribution in [2.24, 2.45) is 0 Å². The largest absolute Gasteiger partial charge is 0.454 e. The maximum absolute atomic E-state index is 5.93. The van der Waals surface area contributed by atoms with Crippen molar-refractivity contribution >= 4 is 33.1 Å². The average Bonchev–Trinajstić information content (AvgIpc) is 3.00. The Morgan fingerprint density at radius 3 is 2.39 bits per heavy atom. The Hall–Kier alpha value is -3.27. The highest BCUT2D eigenvalue weighted by Gasteiger charge is 2.15. The Morgan fingerprint density at radius 2 is 1.43 bits per heavy atom. The number of benzene rings is 1. The van der Waals surface area contributed by atoms with E-state index >= 15 is 0 Å². The zero-order chi connectivity index (χ0) is 15.2. The standard InChI is InChI=1S/C19H11N3O/c1-4-12(13-8-11-20-14-5-2-9-21-18(13)14)17-15(6-1)23-16-7-3-10-22-19(16)17/h1-11H. The molecule has 0 unspecified atom stereocenters. The van der Waals surface area contributed by atoms with Gasteiger partial charge in [0, 0.05) is 24.2 Å². The van der Waals surface area contributed by atoms with Gasteiger partial charge >= 0.3 is 0 Å². The molecule has 0 radical (unpaired) electrons. The fourth-order valence-electron chi connectivity index (χ4n) is 3.06. The van der Waals surface area contributed by atoms with Gasteiger partial charge in [-0.1, -0.05) is 12.1 Å². The van der Waals surface area contributed by atoms with Crippen LogP contribution < -0.4 is 0 Å². The third-order valence-electron chi connectivity index (χ3n) is 4.04. The van der Waals surface area contributed by atoms with E-state index in [0.717, 1.165) is 44.2 Å². The fraction of sp³-hybridized carbons (Fsp3) is 0. The number of hydrogen-bond acceptors (Lipinski definition) is 4. The Labute approximate surface area is 131 Å². The van der Waals surface area contributed by atoms with Crippen molar-refractivity contribution in [1.29, 1.82) is 0 Å². The average molecular weight is 297 g/mol. The monoisotopic (exact) mass is 297 g/mol. The normalized spacial score (nSPS) is 11.5. The number of fused-ring (bicyclic) bond motifs is 4. The molecule has 4 heterocycles. The molecule has 0 atom stereocenters. The minimum Gasteiger partial charge on any atom is -0.454 e. The van der Waals surface area contributed by atoms with Crippen LogP contribution in [0.2, 0.25) is 0 Å². The van der Waals surface area contributed by atoms with Gasteiger partial charge in [-0.2, -0.15) is 0 Å². The van der Waals surface area contributed by atoms with Crippen LogP contribution in [0.5, 0.6) is 0 Å². The van der Waals surface area contributed by atoms with Crippen LogP contribution in [0.15, 0.2) is 71.5 Å². The van der Waals surface area contributed by atoms with Crippen LogP contribution in [0.25, 0.3) is 44.2 Å². The second-order valence-electron chi connectivity index (χ2n) is 5.36. The van der Waals surface area contributed by atoms with E-state index in [0.29, 0.717) is 0 Å². The van der Waals surface area contributed by atoms with E-state index in [2.05, 4.69) is 21.0 Å². The van der Waals surface area contributed by atoms with E-state index in [1.165, 1.54) is 0 Å². The van der Waals surface area contributed by atoms with Crippen molar-refractivity contribution in [1.82, 2.24) is 15.0 Å². The topological polar surface area (TPSA) is 51.8 Å². The highest BCUT2D eigenvalue weighted by molar-refractivity contribution is 6.12. The highest BCUT2D eigenvalue weighted by Crippen LogP contribution is 2.37. The molecule has 0 amide bonds. The number of aromatic nitrogens is 3. The zero-order valence-electron chi connectivity index (χ0n) is 12.1. The number of hydrogen-bond donors (Lipinski definition) is 0. The molecule has 0 spiro atoms. The summed E-state index contributed by atoms with van der Waals surface area (Å²) in [4.78, 5) is 13.4. The van der Waals surface area contributed by atoms with E-state index in [1.807, 2.05) is 48.7 Å². The molecule has 23 heavy (non-hydrogen) atoms.